The second-order valence-electron chi connectivity index (χ2n) is 4.39. The van der Waals surface area contributed by atoms with E-state index in [-0.39, 0.29) is 6.10 Å². The van der Waals surface area contributed by atoms with Crippen LogP contribution in [0.1, 0.15) is 6.92 Å². The highest BCUT2D eigenvalue weighted by molar-refractivity contribution is 7.78. The topological polar surface area (TPSA) is 30.3 Å². The number of ether oxygens (including phenoxy) is 1. The summed E-state index contributed by atoms with van der Waals surface area (Å²) in [7, 11) is 0. The van der Waals surface area contributed by atoms with E-state index in [1.165, 1.54) is 0 Å². The Morgan fingerprint density at radius 3 is 3.24 bits per heavy atom. The molecule has 0 aromatic carbocycles. The molecule has 2 aromatic heterocycles. The van der Waals surface area contributed by atoms with Gasteiger partial charge in [0, 0.05) is 24.7 Å². The van der Waals surface area contributed by atoms with Gasteiger partial charge >= 0.3 is 0 Å². The van der Waals surface area contributed by atoms with Crippen molar-refractivity contribution in [2.24, 2.45) is 0 Å². The summed E-state index contributed by atoms with van der Waals surface area (Å²) < 4.78 is 7.28. The molecular weight excluding hydrogens is 234 g/mol. The molecule has 0 spiro atoms. The monoisotopic (exact) mass is 249 g/mol. The van der Waals surface area contributed by atoms with Crippen LogP contribution in [-0.4, -0.2) is 34.8 Å². The maximum absolute atomic E-state index is 5.54. The SMILES string of the molecule is CC1CN(c2cnc3c(ccn3S)c2)CCO1. The summed E-state index contributed by atoms with van der Waals surface area (Å²) in [6.45, 7) is 4.74. The Balaban J connectivity index is 1.94. The zero-order valence-electron chi connectivity index (χ0n) is 9.71. The Bertz CT molecular complexity index is 540. The number of aromatic nitrogens is 2. The molecule has 1 aliphatic heterocycles. The lowest BCUT2D eigenvalue weighted by molar-refractivity contribution is 0.0532. The van der Waals surface area contributed by atoms with Gasteiger partial charge < -0.3 is 9.64 Å². The number of rotatable bonds is 1. The average Bonchev–Trinajstić information content (AvgIpc) is 2.71. The molecule has 17 heavy (non-hydrogen) atoms. The van der Waals surface area contributed by atoms with Crippen molar-refractivity contribution in [3.8, 4) is 0 Å². The van der Waals surface area contributed by atoms with E-state index in [1.54, 1.807) is 3.97 Å². The van der Waals surface area contributed by atoms with Gasteiger partial charge in [0.15, 0.2) is 0 Å². The number of anilines is 1. The van der Waals surface area contributed by atoms with Crippen LogP contribution in [0.2, 0.25) is 0 Å². The minimum absolute atomic E-state index is 0.286. The lowest BCUT2D eigenvalue weighted by Gasteiger charge is -2.32. The van der Waals surface area contributed by atoms with Crippen LogP contribution in [0.15, 0.2) is 24.5 Å². The van der Waals surface area contributed by atoms with Crippen molar-refractivity contribution in [2.75, 3.05) is 24.6 Å². The molecule has 90 valence electrons. The van der Waals surface area contributed by atoms with Gasteiger partial charge in [-0.15, -0.1) is 0 Å². The van der Waals surface area contributed by atoms with Crippen molar-refractivity contribution in [1.29, 1.82) is 0 Å². The van der Waals surface area contributed by atoms with Crippen molar-refractivity contribution in [3.63, 3.8) is 0 Å². The summed E-state index contributed by atoms with van der Waals surface area (Å²) in [6, 6.07) is 4.19. The molecular formula is C12H15N3OS. The standard InChI is InChI=1S/C12H15N3OS/c1-9-8-14(4-5-16-9)11-6-10-2-3-15(17)12(10)13-7-11/h2-3,6-7,9,17H,4-5,8H2,1H3. The minimum atomic E-state index is 0.286. The predicted octanol–water partition coefficient (Wildman–Crippen LogP) is 1.95. The molecule has 1 fully saturated rings. The van der Waals surface area contributed by atoms with E-state index >= 15 is 0 Å². The Hall–Kier alpha value is -1.20. The van der Waals surface area contributed by atoms with Crippen molar-refractivity contribution >= 4 is 29.5 Å². The maximum atomic E-state index is 5.54. The molecule has 1 saturated heterocycles. The lowest BCUT2D eigenvalue weighted by Crippen LogP contribution is -2.41. The second-order valence-corrected chi connectivity index (χ2v) is 4.83. The van der Waals surface area contributed by atoms with Crippen LogP contribution in [0.4, 0.5) is 5.69 Å². The first kappa shape index (κ1) is 10.9. The zero-order valence-corrected chi connectivity index (χ0v) is 10.6. The van der Waals surface area contributed by atoms with Gasteiger partial charge in [-0.3, -0.25) is 3.97 Å². The van der Waals surface area contributed by atoms with Crippen LogP contribution < -0.4 is 4.90 Å². The Kier molecular flexibility index (Phi) is 2.72. The quantitative estimate of drug-likeness (QED) is 0.784. The van der Waals surface area contributed by atoms with Gasteiger partial charge in [0.1, 0.15) is 5.65 Å². The fourth-order valence-corrected chi connectivity index (χ4v) is 2.46. The molecule has 0 aliphatic carbocycles. The molecule has 3 heterocycles. The van der Waals surface area contributed by atoms with E-state index < -0.39 is 0 Å². The summed E-state index contributed by atoms with van der Waals surface area (Å²) in [6.07, 6.45) is 4.11. The van der Waals surface area contributed by atoms with E-state index in [4.69, 9.17) is 4.74 Å². The van der Waals surface area contributed by atoms with Gasteiger partial charge in [-0.1, -0.05) is 12.8 Å². The van der Waals surface area contributed by atoms with E-state index in [0.29, 0.717) is 0 Å². The summed E-state index contributed by atoms with van der Waals surface area (Å²) in [5.41, 5.74) is 2.06. The van der Waals surface area contributed by atoms with Crippen LogP contribution in [0.3, 0.4) is 0 Å². The molecule has 3 rings (SSSR count). The summed E-state index contributed by atoms with van der Waals surface area (Å²) in [5, 5.41) is 1.12. The zero-order chi connectivity index (χ0) is 11.8. The molecule has 5 heteroatoms. The minimum Gasteiger partial charge on any atom is -0.375 e. The third-order valence-corrected chi connectivity index (χ3v) is 3.42. The van der Waals surface area contributed by atoms with Gasteiger partial charge in [-0.05, 0) is 19.1 Å². The molecule has 0 amide bonds. The number of nitrogens with zero attached hydrogens (tertiary/aromatic N) is 3. The first-order valence-corrected chi connectivity index (χ1v) is 6.17. The van der Waals surface area contributed by atoms with Crippen LogP contribution in [0.25, 0.3) is 11.0 Å². The summed E-state index contributed by atoms with van der Waals surface area (Å²) in [4.78, 5) is 6.76. The first-order chi connectivity index (χ1) is 8.24. The van der Waals surface area contributed by atoms with Gasteiger partial charge in [0.05, 0.1) is 24.6 Å². The van der Waals surface area contributed by atoms with Gasteiger partial charge in [-0.25, -0.2) is 4.98 Å². The highest BCUT2D eigenvalue weighted by atomic mass is 32.1. The number of hydrogen-bond acceptors (Lipinski definition) is 4. The van der Waals surface area contributed by atoms with E-state index in [2.05, 4.69) is 35.7 Å². The van der Waals surface area contributed by atoms with Crippen LogP contribution in [-0.2, 0) is 4.74 Å². The van der Waals surface area contributed by atoms with E-state index in [0.717, 1.165) is 36.4 Å². The Morgan fingerprint density at radius 2 is 2.41 bits per heavy atom. The normalized spacial score (nSPS) is 21.1. The molecule has 2 aromatic rings. The molecule has 1 atom stereocenters. The fraction of sp³-hybridized carbons (Fsp3) is 0.417. The van der Waals surface area contributed by atoms with Crippen LogP contribution >= 0.6 is 12.8 Å². The predicted molar refractivity (Wildman–Crippen MR) is 71.7 cm³/mol. The maximum Gasteiger partial charge on any atom is 0.149 e. The smallest absolute Gasteiger partial charge is 0.149 e. The van der Waals surface area contributed by atoms with Gasteiger partial charge in [0.25, 0.3) is 0 Å². The number of thiol groups is 1. The second kappa shape index (κ2) is 4.23. The van der Waals surface area contributed by atoms with Crippen molar-refractivity contribution in [2.45, 2.75) is 13.0 Å². The number of morpholine rings is 1. The molecule has 1 unspecified atom stereocenters. The largest absolute Gasteiger partial charge is 0.375 e. The van der Waals surface area contributed by atoms with Crippen molar-refractivity contribution in [3.05, 3.63) is 24.5 Å². The fourth-order valence-electron chi connectivity index (χ4n) is 2.22. The lowest BCUT2D eigenvalue weighted by atomic mass is 10.2. The first-order valence-electron chi connectivity index (χ1n) is 5.77. The molecule has 0 saturated carbocycles. The van der Waals surface area contributed by atoms with Gasteiger partial charge in [-0.2, -0.15) is 0 Å². The number of pyridine rings is 1. The Morgan fingerprint density at radius 1 is 1.53 bits per heavy atom. The van der Waals surface area contributed by atoms with Crippen LogP contribution in [0, 0.1) is 0 Å². The third kappa shape index (κ3) is 2.00. The van der Waals surface area contributed by atoms with E-state index in [9.17, 15) is 0 Å². The highest BCUT2D eigenvalue weighted by Gasteiger charge is 2.17. The third-order valence-electron chi connectivity index (χ3n) is 3.10. The molecule has 0 N–H and O–H groups in total. The Labute approximate surface area is 106 Å². The number of fused-ring (bicyclic) bond motifs is 1. The molecule has 0 radical (unpaired) electrons. The van der Waals surface area contributed by atoms with Crippen molar-refractivity contribution < 1.29 is 4.74 Å². The van der Waals surface area contributed by atoms with Crippen molar-refractivity contribution in [1.82, 2.24) is 8.96 Å². The summed E-state index contributed by atoms with van der Waals surface area (Å²) >= 11 is 4.30. The van der Waals surface area contributed by atoms with E-state index in [1.807, 2.05) is 18.5 Å². The highest BCUT2D eigenvalue weighted by Crippen LogP contribution is 2.22. The van der Waals surface area contributed by atoms with Crippen LogP contribution in [0.5, 0.6) is 0 Å². The molecule has 4 nitrogen and oxygen atoms in total. The average molecular weight is 249 g/mol. The molecule has 0 bridgehead atoms. The number of hydrogen-bond donors (Lipinski definition) is 1. The summed E-state index contributed by atoms with van der Waals surface area (Å²) in [5.74, 6) is 0. The van der Waals surface area contributed by atoms with Gasteiger partial charge in [0.2, 0.25) is 0 Å². The molecule has 1 aliphatic rings.